The van der Waals surface area contributed by atoms with E-state index in [1.807, 2.05) is 45.9 Å². The molecule has 1 atom stereocenters. The van der Waals surface area contributed by atoms with Crippen LogP contribution in [-0.4, -0.2) is 28.2 Å². The molecule has 0 radical (unpaired) electrons. The summed E-state index contributed by atoms with van der Waals surface area (Å²) >= 11 is 0. The summed E-state index contributed by atoms with van der Waals surface area (Å²) in [5.74, 6) is -0.733. The van der Waals surface area contributed by atoms with Crippen LogP contribution in [-0.2, 0) is 0 Å². The average Bonchev–Trinajstić information content (AvgIpc) is 2.87. The summed E-state index contributed by atoms with van der Waals surface area (Å²) < 4.78 is 0. The van der Waals surface area contributed by atoms with Gasteiger partial charge in [0.25, 0.3) is 11.8 Å². The Morgan fingerprint density at radius 2 is 1.50 bits per heavy atom. The summed E-state index contributed by atoms with van der Waals surface area (Å²) in [5.41, 5.74) is 1.06. The third-order valence-corrected chi connectivity index (χ3v) is 5.60. The van der Waals surface area contributed by atoms with E-state index in [0.29, 0.717) is 11.1 Å². The quantitative estimate of drug-likeness (QED) is 0.717. The number of rotatable bonds is 3. The predicted octanol–water partition coefficient (Wildman–Crippen LogP) is 4.86. The number of nitrogens with zero attached hydrogens (tertiary/aromatic N) is 4. The van der Waals surface area contributed by atoms with E-state index in [0.717, 1.165) is 11.3 Å². The minimum absolute atomic E-state index is 0.279. The highest BCUT2D eigenvalue weighted by molar-refractivity contribution is 6.00. The predicted molar refractivity (Wildman–Crippen MR) is 108 cm³/mol. The second-order valence-corrected chi connectivity index (χ2v) is 7.69. The molecule has 0 saturated carbocycles. The minimum atomic E-state index is -1.12. The maximum Gasteiger partial charge on any atom is 0.295 e. The maximum absolute atomic E-state index is 13.2. The summed E-state index contributed by atoms with van der Waals surface area (Å²) in [6.07, 6.45) is 0. The van der Waals surface area contributed by atoms with Crippen LogP contribution < -0.4 is 0 Å². The first kappa shape index (κ1) is 19.6. The third-order valence-electron chi connectivity index (χ3n) is 5.60. The monoisotopic (exact) mass is 376 g/mol. The molecule has 1 heterocycles. The standard InChI is InChI=1S/C22H24N4O2/c1-15-11-13-18(14-12-15)20(28)26-22(5,21(3,4)16(2)24-26)25-23-19(27)17-9-7-6-8-10-17/h6-14H,1-5H3. The fraction of sp³-hybridized carbons (Fsp3) is 0.318. The molecule has 0 N–H and O–H groups in total. The van der Waals surface area contributed by atoms with Crippen LogP contribution in [0.5, 0.6) is 0 Å². The van der Waals surface area contributed by atoms with Crippen molar-refractivity contribution in [1.29, 1.82) is 0 Å². The lowest BCUT2D eigenvalue weighted by Gasteiger charge is -2.37. The van der Waals surface area contributed by atoms with Gasteiger partial charge in [-0.1, -0.05) is 49.7 Å². The average molecular weight is 376 g/mol. The number of benzene rings is 2. The Labute approximate surface area is 165 Å². The molecule has 0 fully saturated rings. The van der Waals surface area contributed by atoms with E-state index in [-0.39, 0.29) is 5.91 Å². The second kappa shape index (κ2) is 7.11. The maximum atomic E-state index is 13.2. The first-order chi connectivity index (χ1) is 13.2. The molecule has 0 aromatic heterocycles. The molecule has 0 spiro atoms. The van der Waals surface area contributed by atoms with Gasteiger partial charge in [0.1, 0.15) is 0 Å². The van der Waals surface area contributed by atoms with Crippen molar-refractivity contribution in [3.8, 4) is 0 Å². The molecule has 0 saturated heterocycles. The Bertz CT molecular complexity index is 962. The third kappa shape index (κ3) is 3.26. The highest BCUT2D eigenvalue weighted by Crippen LogP contribution is 2.45. The number of azo groups is 1. The first-order valence-corrected chi connectivity index (χ1v) is 9.16. The number of carbonyl (C=O) groups excluding carboxylic acids is 2. The fourth-order valence-corrected chi connectivity index (χ4v) is 2.99. The zero-order valence-electron chi connectivity index (χ0n) is 16.8. The Morgan fingerprint density at radius 3 is 2.11 bits per heavy atom. The van der Waals surface area contributed by atoms with Crippen LogP contribution in [0.2, 0.25) is 0 Å². The van der Waals surface area contributed by atoms with Crippen LogP contribution >= 0.6 is 0 Å². The molecule has 1 aliphatic heterocycles. The van der Waals surface area contributed by atoms with Crippen molar-refractivity contribution in [3.63, 3.8) is 0 Å². The van der Waals surface area contributed by atoms with Crippen LogP contribution in [0.1, 0.15) is 54.0 Å². The van der Waals surface area contributed by atoms with E-state index in [2.05, 4.69) is 15.3 Å². The van der Waals surface area contributed by atoms with Gasteiger partial charge < -0.3 is 0 Å². The number of amides is 2. The van der Waals surface area contributed by atoms with E-state index >= 15 is 0 Å². The highest BCUT2D eigenvalue weighted by Gasteiger charge is 2.55. The van der Waals surface area contributed by atoms with Gasteiger partial charge in [0, 0.05) is 16.8 Å². The molecule has 3 rings (SSSR count). The number of hydrazone groups is 1. The summed E-state index contributed by atoms with van der Waals surface area (Å²) in [6, 6.07) is 16.0. The Kier molecular flexibility index (Phi) is 4.98. The lowest BCUT2D eigenvalue weighted by molar-refractivity contribution is 0.0386. The van der Waals surface area contributed by atoms with E-state index in [1.165, 1.54) is 5.01 Å². The van der Waals surface area contributed by atoms with Gasteiger partial charge in [-0.15, -0.1) is 5.11 Å². The van der Waals surface area contributed by atoms with Crippen LogP contribution in [0.15, 0.2) is 69.9 Å². The Hall–Kier alpha value is -3.15. The fourth-order valence-electron chi connectivity index (χ4n) is 2.99. The molecule has 1 unspecified atom stereocenters. The van der Waals surface area contributed by atoms with Gasteiger partial charge >= 0.3 is 0 Å². The molecule has 6 heteroatoms. The lowest BCUT2D eigenvalue weighted by Crippen LogP contribution is -2.51. The van der Waals surface area contributed by atoms with Crippen molar-refractivity contribution in [3.05, 3.63) is 71.3 Å². The molecular weight excluding hydrogens is 352 g/mol. The van der Waals surface area contributed by atoms with E-state index in [1.54, 1.807) is 43.3 Å². The number of hydrogen-bond donors (Lipinski definition) is 0. The summed E-state index contributed by atoms with van der Waals surface area (Å²) in [6.45, 7) is 9.49. The zero-order chi connectivity index (χ0) is 20.5. The summed E-state index contributed by atoms with van der Waals surface area (Å²) in [7, 11) is 0. The van der Waals surface area contributed by atoms with Gasteiger partial charge in [0.15, 0.2) is 5.66 Å². The van der Waals surface area contributed by atoms with Crippen LogP contribution in [0.25, 0.3) is 0 Å². The van der Waals surface area contributed by atoms with Crippen molar-refractivity contribution in [1.82, 2.24) is 5.01 Å². The molecule has 6 nitrogen and oxygen atoms in total. The van der Waals surface area contributed by atoms with Gasteiger partial charge in [-0.2, -0.15) is 15.2 Å². The van der Waals surface area contributed by atoms with Crippen molar-refractivity contribution in [2.45, 2.75) is 40.3 Å². The Balaban J connectivity index is 1.97. The largest absolute Gasteiger partial charge is 0.295 e. The van der Waals surface area contributed by atoms with Crippen molar-refractivity contribution >= 4 is 17.5 Å². The van der Waals surface area contributed by atoms with Crippen molar-refractivity contribution < 1.29 is 9.59 Å². The first-order valence-electron chi connectivity index (χ1n) is 9.16. The topological polar surface area (TPSA) is 74.5 Å². The summed E-state index contributed by atoms with van der Waals surface area (Å²) in [4.78, 5) is 25.6. The SMILES string of the molecule is CC1=NN(C(=O)c2ccc(C)cc2)C(C)(N=NC(=O)c2ccccc2)C1(C)C. The van der Waals surface area contributed by atoms with Crippen molar-refractivity contribution in [2.24, 2.45) is 20.7 Å². The van der Waals surface area contributed by atoms with E-state index < -0.39 is 17.0 Å². The molecular formula is C22H24N4O2. The molecule has 1 aliphatic rings. The van der Waals surface area contributed by atoms with Gasteiger partial charge in [0.05, 0.1) is 5.41 Å². The van der Waals surface area contributed by atoms with E-state index in [9.17, 15) is 9.59 Å². The number of aryl methyl sites for hydroxylation is 1. The number of carbonyl (C=O) groups is 2. The van der Waals surface area contributed by atoms with E-state index in [4.69, 9.17) is 0 Å². The second-order valence-electron chi connectivity index (χ2n) is 7.69. The molecule has 2 amide bonds. The van der Waals surface area contributed by atoms with Gasteiger partial charge in [-0.3, -0.25) is 9.59 Å². The smallest absolute Gasteiger partial charge is 0.267 e. The van der Waals surface area contributed by atoms with Gasteiger partial charge in [-0.05, 0) is 45.0 Å². The van der Waals surface area contributed by atoms with Crippen molar-refractivity contribution in [2.75, 3.05) is 0 Å². The molecule has 28 heavy (non-hydrogen) atoms. The minimum Gasteiger partial charge on any atom is -0.267 e. The van der Waals surface area contributed by atoms with Crippen LogP contribution in [0.4, 0.5) is 0 Å². The molecule has 2 aromatic rings. The molecule has 2 aromatic carbocycles. The Morgan fingerprint density at radius 1 is 0.893 bits per heavy atom. The van der Waals surface area contributed by atoms with Gasteiger partial charge in [-0.25, -0.2) is 0 Å². The van der Waals surface area contributed by atoms with Crippen LogP contribution in [0.3, 0.4) is 0 Å². The zero-order valence-corrected chi connectivity index (χ0v) is 16.8. The molecule has 0 aliphatic carbocycles. The van der Waals surface area contributed by atoms with Gasteiger partial charge in [0.2, 0.25) is 0 Å². The highest BCUT2D eigenvalue weighted by atomic mass is 16.2. The normalized spacial score (nSPS) is 21.0. The molecule has 0 bridgehead atoms. The van der Waals surface area contributed by atoms with Crippen LogP contribution in [0, 0.1) is 12.3 Å². The molecule has 144 valence electrons. The lowest BCUT2D eigenvalue weighted by atomic mass is 9.77. The summed E-state index contributed by atoms with van der Waals surface area (Å²) in [5, 5.41) is 14.1. The number of hydrogen-bond acceptors (Lipinski definition) is 4.